The summed E-state index contributed by atoms with van der Waals surface area (Å²) < 4.78 is 4.86. The Kier molecular flexibility index (Phi) is 4.24. The van der Waals surface area contributed by atoms with E-state index in [1.807, 2.05) is 0 Å². The number of fused-ring (bicyclic) bond motifs is 6. The van der Waals surface area contributed by atoms with Gasteiger partial charge in [-0.2, -0.15) is 9.97 Å². The highest BCUT2D eigenvalue weighted by molar-refractivity contribution is 7.26. The summed E-state index contributed by atoms with van der Waals surface area (Å²) in [6.45, 7) is 0. The van der Waals surface area contributed by atoms with Crippen molar-refractivity contribution in [1.82, 2.24) is 15.0 Å². The Bertz CT molecular complexity index is 1850. The number of thiophene rings is 2. The van der Waals surface area contributed by atoms with Gasteiger partial charge >= 0.3 is 0 Å². The number of halogens is 1. The van der Waals surface area contributed by atoms with Crippen LogP contribution >= 0.6 is 34.3 Å². The van der Waals surface area contributed by atoms with Crippen LogP contribution in [-0.4, -0.2) is 15.0 Å². The molecule has 0 spiro atoms. The third-order valence-corrected chi connectivity index (χ3v) is 8.42. The number of benzene rings is 4. The summed E-state index contributed by atoms with van der Waals surface area (Å²) in [5.74, 6) is 1.19. The molecule has 33 heavy (non-hydrogen) atoms. The molecule has 0 saturated carbocycles. The second-order valence-corrected chi connectivity index (χ2v) is 10.3. The van der Waals surface area contributed by atoms with E-state index in [-0.39, 0.29) is 5.28 Å². The summed E-state index contributed by atoms with van der Waals surface area (Å²) in [7, 11) is 0. The van der Waals surface area contributed by atoms with Crippen molar-refractivity contribution in [2.75, 3.05) is 0 Å². The van der Waals surface area contributed by atoms with Crippen LogP contribution < -0.4 is 0 Å². The Balaban J connectivity index is 1.50. The molecule has 0 amide bonds. The number of aromatic nitrogens is 3. The summed E-state index contributed by atoms with van der Waals surface area (Å²) in [4.78, 5) is 14.0. The van der Waals surface area contributed by atoms with Crippen molar-refractivity contribution in [2.45, 2.75) is 0 Å². The first kappa shape index (κ1) is 19.1. The molecule has 6 heteroatoms. The Morgan fingerprint density at radius 3 is 1.97 bits per heavy atom. The van der Waals surface area contributed by atoms with Gasteiger partial charge in [0.15, 0.2) is 11.6 Å². The van der Waals surface area contributed by atoms with E-state index in [4.69, 9.17) is 16.6 Å². The van der Waals surface area contributed by atoms with Crippen molar-refractivity contribution < 1.29 is 0 Å². The lowest BCUT2D eigenvalue weighted by atomic mass is 10.1. The molecule has 0 unspecified atom stereocenters. The minimum atomic E-state index is 0.199. The summed E-state index contributed by atoms with van der Waals surface area (Å²) in [6, 6.07) is 29.4. The van der Waals surface area contributed by atoms with Gasteiger partial charge in [0.05, 0.1) is 0 Å². The zero-order valence-electron chi connectivity index (χ0n) is 17.1. The SMILES string of the molecule is Clc1nc(-c2cccc3c2sc2ccccc23)nc(-c2cccc3sc4ccccc4c23)n1. The molecular formula is C27H14ClN3S2. The molecule has 156 valence electrons. The normalized spacial score (nSPS) is 11.8. The molecule has 7 rings (SSSR count). The predicted octanol–water partition coefficient (Wildman–Crippen LogP) is 8.59. The maximum absolute atomic E-state index is 6.47. The van der Waals surface area contributed by atoms with Gasteiger partial charge in [0.2, 0.25) is 5.28 Å². The van der Waals surface area contributed by atoms with Gasteiger partial charge in [-0.1, -0.05) is 60.7 Å². The summed E-state index contributed by atoms with van der Waals surface area (Å²) >= 11 is 10.00. The minimum Gasteiger partial charge on any atom is -0.208 e. The molecule has 4 aromatic carbocycles. The van der Waals surface area contributed by atoms with E-state index in [1.165, 1.54) is 30.3 Å². The zero-order chi connectivity index (χ0) is 21.9. The first-order valence-corrected chi connectivity index (χ1v) is 12.5. The number of nitrogens with zero attached hydrogens (tertiary/aromatic N) is 3. The van der Waals surface area contributed by atoms with Crippen molar-refractivity contribution in [1.29, 1.82) is 0 Å². The number of hydrogen-bond donors (Lipinski definition) is 0. The van der Waals surface area contributed by atoms with Crippen LogP contribution in [0.3, 0.4) is 0 Å². The highest BCUT2D eigenvalue weighted by atomic mass is 35.5. The van der Waals surface area contributed by atoms with Gasteiger partial charge in [-0.25, -0.2) is 4.98 Å². The molecule has 3 aromatic heterocycles. The molecule has 0 radical (unpaired) electrons. The quantitative estimate of drug-likeness (QED) is 0.249. The second kappa shape index (κ2) is 7.32. The standard InChI is InChI=1S/C27H14ClN3S2/c28-27-30-25(18-10-6-14-22-23(18)17-8-2-4-13-21(17)32-22)29-26(31-27)19-11-5-9-16-15-7-1-3-12-20(15)33-24(16)19/h1-14H. The summed E-state index contributed by atoms with van der Waals surface area (Å²) in [5.41, 5.74) is 1.95. The third kappa shape index (κ3) is 2.97. The van der Waals surface area contributed by atoms with E-state index in [9.17, 15) is 0 Å². The summed E-state index contributed by atoms with van der Waals surface area (Å²) in [6.07, 6.45) is 0. The average Bonchev–Trinajstić information content (AvgIpc) is 3.42. The molecule has 0 aliphatic carbocycles. The van der Waals surface area contributed by atoms with E-state index >= 15 is 0 Å². The van der Waals surface area contributed by atoms with Crippen molar-refractivity contribution in [2.24, 2.45) is 0 Å². The van der Waals surface area contributed by atoms with E-state index in [2.05, 4.69) is 94.9 Å². The predicted molar refractivity (Wildman–Crippen MR) is 141 cm³/mol. The highest BCUT2D eigenvalue weighted by Gasteiger charge is 2.17. The van der Waals surface area contributed by atoms with Crippen LogP contribution in [0.1, 0.15) is 0 Å². The first-order valence-electron chi connectivity index (χ1n) is 10.5. The Hall–Kier alpha value is -3.38. The largest absolute Gasteiger partial charge is 0.226 e. The third-order valence-electron chi connectivity index (χ3n) is 5.90. The maximum Gasteiger partial charge on any atom is 0.226 e. The van der Waals surface area contributed by atoms with Crippen LogP contribution in [0.5, 0.6) is 0 Å². The minimum absolute atomic E-state index is 0.199. The second-order valence-electron chi connectivity index (χ2n) is 7.81. The smallest absolute Gasteiger partial charge is 0.208 e. The summed E-state index contributed by atoms with van der Waals surface area (Å²) in [5, 5.41) is 5.01. The lowest BCUT2D eigenvalue weighted by molar-refractivity contribution is 1.07. The molecule has 0 atom stereocenters. The molecule has 0 N–H and O–H groups in total. The first-order chi connectivity index (χ1) is 16.3. The van der Waals surface area contributed by atoms with Gasteiger partial charge in [0.1, 0.15) is 0 Å². The van der Waals surface area contributed by atoms with Gasteiger partial charge in [0, 0.05) is 51.5 Å². The van der Waals surface area contributed by atoms with Crippen LogP contribution in [0.4, 0.5) is 0 Å². The van der Waals surface area contributed by atoms with Crippen molar-refractivity contribution >= 4 is 74.6 Å². The Morgan fingerprint density at radius 1 is 0.515 bits per heavy atom. The van der Waals surface area contributed by atoms with Crippen LogP contribution in [0, 0.1) is 0 Å². The maximum atomic E-state index is 6.47. The number of hydrogen-bond acceptors (Lipinski definition) is 5. The average molecular weight is 480 g/mol. The molecule has 0 fully saturated rings. The highest BCUT2D eigenvalue weighted by Crippen LogP contribution is 2.41. The lowest BCUT2D eigenvalue weighted by Gasteiger charge is -2.07. The van der Waals surface area contributed by atoms with Gasteiger partial charge in [-0.05, 0) is 35.9 Å². The monoisotopic (exact) mass is 479 g/mol. The van der Waals surface area contributed by atoms with Gasteiger partial charge in [-0.15, -0.1) is 22.7 Å². The van der Waals surface area contributed by atoms with Crippen LogP contribution in [0.15, 0.2) is 84.9 Å². The van der Waals surface area contributed by atoms with E-state index in [1.54, 1.807) is 22.7 Å². The van der Waals surface area contributed by atoms with Crippen LogP contribution in [0.2, 0.25) is 5.28 Å². The fourth-order valence-corrected chi connectivity index (χ4v) is 6.98. The molecule has 7 aromatic rings. The fraction of sp³-hybridized carbons (Fsp3) is 0. The van der Waals surface area contributed by atoms with Crippen molar-refractivity contribution in [3.05, 3.63) is 90.2 Å². The van der Waals surface area contributed by atoms with Crippen LogP contribution in [-0.2, 0) is 0 Å². The zero-order valence-corrected chi connectivity index (χ0v) is 19.5. The topological polar surface area (TPSA) is 38.7 Å². The van der Waals surface area contributed by atoms with Crippen molar-refractivity contribution in [3.8, 4) is 22.8 Å². The van der Waals surface area contributed by atoms with Gasteiger partial charge in [-0.3, -0.25) is 0 Å². The van der Waals surface area contributed by atoms with E-state index < -0.39 is 0 Å². The molecule has 3 heterocycles. The molecule has 0 aliphatic rings. The van der Waals surface area contributed by atoms with Crippen LogP contribution in [0.25, 0.3) is 63.1 Å². The van der Waals surface area contributed by atoms with E-state index in [0.717, 1.165) is 21.2 Å². The van der Waals surface area contributed by atoms with E-state index in [0.29, 0.717) is 11.6 Å². The number of rotatable bonds is 2. The lowest BCUT2D eigenvalue weighted by Crippen LogP contribution is -1.97. The molecule has 3 nitrogen and oxygen atoms in total. The molecular weight excluding hydrogens is 466 g/mol. The molecule has 0 aliphatic heterocycles. The Labute approximate surface area is 202 Å². The molecule has 0 bridgehead atoms. The fourth-order valence-electron chi connectivity index (χ4n) is 4.48. The van der Waals surface area contributed by atoms with Gasteiger partial charge < -0.3 is 0 Å². The van der Waals surface area contributed by atoms with Crippen molar-refractivity contribution in [3.63, 3.8) is 0 Å². The molecule has 0 saturated heterocycles. The van der Waals surface area contributed by atoms with Gasteiger partial charge in [0.25, 0.3) is 0 Å². The Morgan fingerprint density at radius 2 is 1.12 bits per heavy atom.